The zero-order chi connectivity index (χ0) is 13.1. The number of hydrogen-bond donors (Lipinski definition) is 0. The Morgan fingerprint density at radius 1 is 1.22 bits per heavy atom. The number of aromatic nitrogens is 1. The van der Waals surface area contributed by atoms with Gasteiger partial charge >= 0.3 is 0 Å². The number of pyridine rings is 1. The molecule has 1 aromatic carbocycles. The highest BCUT2D eigenvalue weighted by atomic mass is 35.5. The molecular formula is C11H6Cl2N2O3. The summed E-state index contributed by atoms with van der Waals surface area (Å²) in [7, 11) is 0. The molecule has 0 saturated heterocycles. The van der Waals surface area contributed by atoms with Gasteiger partial charge in [0, 0.05) is 17.2 Å². The molecule has 0 fully saturated rings. The van der Waals surface area contributed by atoms with Crippen molar-refractivity contribution in [2.45, 2.75) is 0 Å². The molecule has 7 heteroatoms. The zero-order valence-electron chi connectivity index (χ0n) is 8.84. The molecule has 0 saturated carbocycles. The van der Waals surface area contributed by atoms with Crippen LogP contribution in [0, 0.1) is 10.1 Å². The normalized spacial score (nSPS) is 10.1. The summed E-state index contributed by atoms with van der Waals surface area (Å²) in [5.41, 5.74) is -0.107. The third-order valence-corrected chi connectivity index (χ3v) is 2.57. The Labute approximate surface area is 112 Å². The summed E-state index contributed by atoms with van der Waals surface area (Å²) in [5, 5.41) is 11.3. The summed E-state index contributed by atoms with van der Waals surface area (Å²) in [5.74, 6) is 0.590. The van der Waals surface area contributed by atoms with E-state index in [0.29, 0.717) is 15.8 Å². The molecule has 0 aliphatic heterocycles. The van der Waals surface area contributed by atoms with Crippen LogP contribution in [-0.4, -0.2) is 9.91 Å². The van der Waals surface area contributed by atoms with Gasteiger partial charge in [0.05, 0.1) is 9.95 Å². The number of nitrogens with zero attached hydrogens (tertiary/aromatic N) is 2. The Morgan fingerprint density at radius 2 is 2.00 bits per heavy atom. The van der Waals surface area contributed by atoms with Gasteiger partial charge in [-0.25, -0.2) is 4.98 Å². The molecule has 0 aliphatic carbocycles. The maximum atomic E-state index is 10.5. The van der Waals surface area contributed by atoms with Crippen LogP contribution >= 0.6 is 23.2 Å². The van der Waals surface area contributed by atoms with Crippen LogP contribution in [0.25, 0.3) is 0 Å². The average molecular weight is 285 g/mol. The number of ether oxygens (including phenoxy) is 1. The predicted octanol–water partition coefficient (Wildman–Crippen LogP) is 4.09. The molecule has 18 heavy (non-hydrogen) atoms. The molecule has 0 unspecified atom stereocenters. The predicted molar refractivity (Wildman–Crippen MR) is 67.4 cm³/mol. The topological polar surface area (TPSA) is 65.3 Å². The fourth-order valence-corrected chi connectivity index (χ4v) is 1.66. The molecule has 0 N–H and O–H groups in total. The molecule has 0 amide bonds. The maximum absolute atomic E-state index is 10.5. The maximum Gasteiger partial charge on any atom is 0.287 e. The molecule has 0 bridgehead atoms. The van der Waals surface area contributed by atoms with Crippen molar-refractivity contribution in [2.24, 2.45) is 0 Å². The minimum absolute atomic E-state index is 0.107. The van der Waals surface area contributed by atoms with Crippen LogP contribution in [-0.2, 0) is 0 Å². The Kier molecular flexibility index (Phi) is 3.64. The molecule has 5 nitrogen and oxygen atoms in total. The lowest BCUT2D eigenvalue weighted by atomic mass is 10.3. The van der Waals surface area contributed by atoms with E-state index in [1.54, 1.807) is 12.1 Å². The summed E-state index contributed by atoms with van der Waals surface area (Å²) in [6.45, 7) is 0. The van der Waals surface area contributed by atoms with Crippen molar-refractivity contribution in [3.8, 4) is 11.6 Å². The third-order valence-electron chi connectivity index (χ3n) is 2.04. The molecule has 92 valence electrons. The van der Waals surface area contributed by atoms with E-state index < -0.39 is 4.92 Å². The Bertz CT molecular complexity index is 587. The Morgan fingerprint density at radius 3 is 2.56 bits per heavy atom. The Balaban J connectivity index is 2.21. The summed E-state index contributed by atoms with van der Waals surface area (Å²) in [6, 6.07) is 7.43. The quantitative estimate of drug-likeness (QED) is 0.629. The molecule has 1 heterocycles. The van der Waals surface area contributed by atoms with Crippen molar-refractivity contribution < 1.29 is 9.66 Å². The van der Waals surface area contributed by atoms with Crippen molar-refractivity contribution in [3.63, 3.8) is 0 Å². The molecule has 1 aromatic heterocycles. The SMILES string of the molecule is O=[N+]([O-])c1ccc(Oc2ccc(Cl)cc2Cl)nc1. The van der Waals surface area contributed by atoms with Gasteiger partial charge in [-0.2, -0.15) is 0 Å². The van der Waals surface area contributed by atoms with E-state index in [4.69, 9.17) is 27.9 Å². The number of nitro groups is 1. The van der Waals surface area contributed by atoms with Crippen LogP contribution in [0.3, 0.4) is 0 Å². The monoisotopic (exact) mass is 284 g/mol. The lowest BCUT2D eigenvalue weighted by Crippen LogP contribution is -1.91. The fourth-order valence-electron chi connectivity index (χ4n) is 1.21. The van der Waals surface area contributed by atoms with Crippen molar-refractivity contribution in [2.75, 3.05) is 0 Å². The smallest absolute Gasteiger partial charge is 0.287 e. The number of hydrogen-bond acceptors (Lipinski definition) is 4. The van der Waals surface area contributed by atoms with E-state index >= 15 is 0 Å². The van der Waals surface area contributed by atoms with Gasteiger partial charge in [-0.15, -0.1) is 0 Å². The van der Waals surface area contributed by atoms with Crippen LogP contribution in [0.2, 0.25) is 10.0 Å². The van der Waals surface area contributed by atoms with E-state index in [0.717, 1.165) is 6.20 Å². The van der Waals surface area contributed by atoms with Crippen molar-refractivity contribution >= 4 is 28.9 Å². The average Bonchev–Trinajstić information content (AvgIpc) is 2.33. The zero-order valence-corrected chi connectivity index (χ0v) is 10.4. The highest BCUT2D eigenvalue weighted by molar-refractivity contribution is 6.35. The first kappa shape index (κ1) is 12.6. The lowest BCUT2D eigenvalue weighted by molar-refractivity contribution is -0.385. The van der Waals surface area contributed by atoms with Gasteiger partial charge in [-0.3, -0.25) is 10.1 Å². The van der Waals surface area contributed by atoms with Gasteiger partial charge in [0.25, 0.3) is 5.69 Å². The molecule has 2 rings (SSSR count). The van der Waals surface area contributed by atoms with Crippen LogP contribution in [0.4, 0.5) is 5.69 Å². The van der Waals surface area contributed by atoms with Crippen LogP contribution in [0.15, 0.2) is 36.5 Å². The molecule has 2 aromatic rings. The number of rotatable bonds is 3. The summed E-state index contributed by atoms with van der Waals surface area (Å²) in [6.07, 6.45) is 1.11. The highest BCUT2D eigenvalue weighted by Crippen LogP contribution is 2.31. The van der Waals surface area contributed by atoms with Gasteiger partial charge < -0.3 is 4.74 Å². The molecule has 0 atom stereocenters. The number of halogens is 2. The van der Waals surface area contributed by atoms with Gasteiger partial charge in [0.2, 0.25) is 5.88 Å². The highest BCUT2D eigenvalue weighted by Gasteiger charge is 2.08. The molecular weight excluding hydrogens is 279 g/mol. The first-order valence-electron chi connectivity index (χ1n) is 4.79. The summed E-state index contributed by atoms with van der Waals surface area (Å²) >= 11 is 11.7. The van der Waals surface area contributed by atoms with Crippen molar-refractivity contribution in [3.05, 3.63) is 56.7 Å². The first-order valence-corrected chi connectivity index (χ1v) is 5.55. The van der Waals surface area contributed by atoms with Crippen LogP contribution in [0.1, 0.15) is 0 Å². The Hall–Kier alpha value is -1.85. The minimum atomic E-state index is -0.536. The van der Waals surface area contributed by atoms with Gasteiger partial charge in [0.1, 0.15) is 11.9 Å². The molecule has 0 spiro atoms. The fraction of sp³-hybridized carbons (Fsp3) is 0. The van der Waals surface area contributed by atoms with E-state index in [-0.39, 0.29) is 11.6 Å². The number of benzene rings is 1. The van der Waals surface area contributed by atoms with Gasteiger partial charge in [0.15, 0.2) is 0 Å². The largest absolute Gasteiger partial charge is 0.437 e. The molecule has 0 aliphatic rings. The summed E-state index contributed by atoms with van der Waals surface area (Å²) < 4.78 is 5.37. The van der Waals surface area contributed by atoms with Gasteiger partial charge in [-0.1, -0.05) is 23.2 Å². The molecule has 0 radical (unpaired) electrons. The first-order chi connectivity index (χ1) is 8.56. The van der Waals surface area contributed by atoms with E-state index in [9.17, 15) is 10.1 Å². The summed E-state index contributed by atoms with van der Waals surface area (Å²) in [4.78, 5) is 13.7. The van der Waals surface area contributed by atoms with E-state index in [1.807, 2.05) is 0 Å². The third kappa shape index (κ3) is 2.88. The van der Waals surface area contributed by atoms with Crippen molar-refractivity contribution in [1.29, 1.82) is 0 Å². The second kappa shape index (κ2) is 5.20. The standard InChI is InChI=1S/C11H6Cl2N2O3/c12-7-1-3-10(9(13)5-7)18-11-4-2-8(6-14-11)15(16)17/h1-6H. The second-order valence-corrected chi connectivity index (χ2v) is 4.13. The van der Waals surface area contributed by atoms with Crippen LogP contribution in [0.5, 0.6) is 11.6 Å². The van der Waals surface area contributed by atoms with Gasteiger partial charge in [-0.05, 0) is 18.2 Å². The lowest BCUT2D eigenvalue weighted by Gasteiger charge is -2.06. The second-order valence-electron chi connectivity index (χ2n) is 3.29. The minimum Gasteiger partial charge on any atom is -0.437 e. The van der Waals surface area contributed by atoms with E-state index in [2.05, 4.69) is 4.98 Å². The van der Waals surface area contributed by atoms with Crippen LogP contribution < -0.4 is 4.74 Å². The van der Waals surface area contributed by atoms with E-state index in [1.165, 1.54) is 18.2 Å². The van der Waals surface area contributed by atoms with Crippen molar-refractivity contribution in [1.82, 2.24) is 4.98 Å².